The van der Waals surface area contributed by atoms with Gasteiger partial charge >= 0.3 is 5.69 Å². The van der Waals surface area contributed by atoms with Gasteiger partial charge in [-0.1, -0.05) is 29.3 Å². The summed E-state index contributed by atoms with van der Waals surface area (Å²) in [5.41, 5.74) is 3.46. The summed E-state index contributed by atoms with van der Waals surface area (Å²) < 4.78 is 21.9. The summed E-state index contributed by atoms with van der Waals surface area (Å²) in [5, 5.41) is 11.4. The third kappa shape index (κ3) is 6.27. The molecule has 7 rings (SSSR count). The van der Waals surface area contributed by atoms with E-state index in [0.717, 1.165) is 49.0 Å². The molecule has 2 saturated heterocycles. The van der Waals surface area contributed by atoms with E-state index in [2.05, 4.69) is 42.2 Å². The van der Waals surface area contributed by atoms with Crippen LogP contribution in [0.1, 0.15) is 5.56 Å². The van der Waals surface area contributed by atoms with Crippen molar-refractivity contribution in [3.05, 3.63) is 112 Å². The van der Waals surface area contributed by atoms with E-state index >= 15 is 0 Å². The standard InChI is InChI=1S/C31H30Cl2N8O4/c32-22-1-10-28(29(33)15-22)31(18-40-20-34-19-36-40)44-17-27(45-31)16-43-26-8-6-24(7-9-26)39-13-11-38(12-14-39)23-2-4-25(5-3-23)41-21-35-37-30(41)42/h1-10,15,19-21,27H,11-14,16-18H2,(H,37,42)/t27-,31-/m0/s1. The molecule has 2 atom stereocenters. The molecule has 0 amide bonds. The molecule has 3 aromatic carbocycles. The van der Waals surface area contributed by atoms with Gasteiger partial charge in [-0.15, -0.1) is 0 Å². The van der Waals surface area contributed by atoms with Gasteiger partial charge in [0.25, 0.3) is 0 Å². The van der Waals surface area contributed by atoms with Gasteiger partial charge in [-0.25, -0.2) is 24.1 Å². The molecule has 0 unspecified atom stereocenters. The zero-order valence-corrected chi connectivity index (χ0v) is 25.6. The van der Waals surface area contributed by atoms with Crippen molar-refractivity contribution in [2.75, 3.05) is 49.2 Å². The second-order valence-corrected chi connectivity index (χ2v) is 11.7. The molecule has 5 aromatic rings. The maximum atomic E-state index is 11.8. The Hall–Kier alpha value is -4.36. The molecule has 1 N–H and O–H groups in total. The first kappa shape index (κ1) is 29.4. The molecular formula is C31H30Cl2N8O4. The van der Waals surface area contributed by atoms with Crippen molar-refractivity contribution in [1.82, 2.24) is 29.5 Å². The third-order valence-electron chi connectivity index (χ3n) is 8.00. The number of nitrogens with zero attached hydrogens (tertiary/aromatic N) is 7. The van der Waals surface area contributed by atoms with Crippen LogP contribution in [0, 0.1) is 0 Å². The van der Waals surface area contributed by atoms with Crippen molar-refractivity contribution in [2.24, 2.45) is 0 Å². The molecule has 0 radical (unpaired) electrons. The van der Waals surface area contributed by atoms with Crippen molar-refractivity contribution in [3.63, 3.8) is 0 Å². The molecule has 12 nitrogen and oxygen atoms in total. The van der Waals surface area contributed by atoms with Gasteiger partial charge < -0.3 is 24.0 Å². The van der Waals surface area contributed by atoms with Crippen LogP contribution < -0.4 is 20.2 Å². The largest absolute Gasteiger partial charge is 0.491 e. The topological polar surface area (TPSA) is 116 Å². The predicted molar refractivity (Wildman–Crippen MR) is 170 cm³/mol. The number of aromatic amines is 1. The van der Waals surface area contributed by atoms with Crippen LogP contribution in [0.25, 0.3) is 5.69 Å². The summed E-state index contributed by atoms with van der Waals surface area (Å²) in [6.07, 6.45) is 4.22. The molecule has 0 saturated carbocycles. The molecule has 2 aliphatic rings. The van der Waals surface area contributed by atoms with Crippen LogP contribution in [0.4, 0.5) is 11.4 Å². The molecule has 14 heteroatoms. The highest BCUT2D eigenvalue weighted by Gasteiger charge is 2.45. The Labute approximate surface area is 268 Å². The normalized spacial score (nSPS) is 20.1. The van der Waals surface area contributed by atoms with Crippen LogP contribution in [0.3, 0.4) is 0 Å². The Kier molecular flexibility index (Phi) is 8.19. The van der Waals surface area contributed by atoms with Crippen LogP contribution in [0.15, 0.2) is 90.5 Å². The fourth-order valence-corrected chi connectivity index (χ4v) is 6.26. The van der Waals surface area contributed by atoms with E-state index in [1.54, 1.807) is 23.1 Å². The molecular weight excluding hydrogens is 619 g/mol. The Balaban J connectivity index is 0.936. The molecule has 4 heterocycles. The second-order valence-electron chi connectivity index (χ2n) is 10.8. The highest BCUT2D eigenvalue weighted by atomic mass is 35.5. The van der Waals surface area contributed by atoms with E-state index in [1.807, 2.05) is 42.5 Å². The van der Waals surface area contributed by atoms with E-state index < -0.39 is 5.79 Å². The molecule has 45 heavy (non-hydrogen) atoms. The van der Waals surface area contributed by atoms with Crippen LogP contribution in [0.2, 0.25) is 10.0 Å². The monoisotopic (exact) mass is 648 g/mol. The second kappa shape index (κ2) is 12.6. The fourth-order valence-electron chi connectivity index (χ4n) is 5.70. The zero-order valence-electron chi connectivity index (χ0n) is 24.1. The Morgan fingerprint density at radius 3 is 2.22 bits per heavy atom. The molecule has 2 aliphatic heterocycles. The van der Waals surface area contributed by atoms with Gasteiger partial charge in [0.1, 0.15) is 44.0 Å². The number of H-pyrrole nitrogens is 1. The Morgan fingerprint density at radius 1 is 0.911 bits per heavy atom. The van der Waals surface area contributed by atoms with Crippen LogP contribution in [-0.2, 0) is 21.8 Å². The number of aromatic nitrogens is 6. The zero-order chi connectivity index (χ0) is 30.8. The number of ether oxygens (including phenoxy) is 3. The minimum Gasteiger partial charge on any atom is -0.491 e. The smallest absolute Gasteiger partial charge is 0.347 e. The molecule has 0 spiro atoms. The lowest BCUT2D eigenvalue weighted by Crippen LogP contribution is -2.46. The van der Waals surface area contributed by atoms with Crippen molar-refractivity contribution in [2.45, 2.75) is 18.4 Å². The quantitative estimate of drug-likeness (QED) is 0.252. The summed E-state index contributed by atoms with van der Waals surface area (Å²) >= 11 is 12.7. The van der Waals surface area contributed by atoms with Gasteiger partial charge in [0.05, 0.1) is 17.3 Å². The average molecular weight is 650 g/mol. The maximum Gasteiger partial charge on any atom is 0.347 e. The van der Waals surface area contributed by atoms with E-state index in [0.29, 0.717) is 28.8 Å². The van der Waals surface area contributed by atoms with Gasteiger partial charge in [0.2, 0.25) is 5.79 Å². The number of hydrogen-bond acceptors (Lipinski definition) is 9. The lowest BCUT2D eigenvalue weighted by molar-refractivity contribution is -0.190. The number of halogens is 2. The summed E-state index contributed by atoms with van der Waals surface area (Å²) in [6.45, 7) is 4.43. The Morgan fingerprint density at radius 2 is 1.60 bits per heavy atom. The minimum absolute atomic E-state index is 0.255. The molecule has 2 fully saturated rings. The highest BCUT2D eigenvalue weighted by Crippen LogP contribution is 2.40. The number of piperazine rings is 1. The number of anilines is 2. The SMILES string of the molecule is O=c1[nH]ncn1-c1ccc(N2CCN(c3ccc(OC[C@H]4CO[C@](Cn5cncn5)(c5ccc(Cl)cc5Cl)O4)cc3)CC2)cc1. The van der Waals surface area contributed by atoms with Crippen molar-refractivity contribution >= 4 is 34.6 Å². The maximum absolute atomic E-state index is 11.8. The van der Waals surface area contributed by atoms with Crippen molar-refractivity contribution in [1.29, 1.82) is 0 Å². The molecule has 0 bridgehead atoms. The number of benzene rings is 3. The fraction of sp³-hybridized carbons (Fsp3) is 0.290. The first-order valence-corrected chi connectivity index (χ1v) is 15.3. The summed E-state index contributed by atoms with van der Waals surface area (Å²) in [7, 11) is 0. The number of hydrogen-bond donors (Lipinski definition) is 1. The van der Waals surface area contributed by atoms with Gasteiger partial charge in [0.15, 0.2) is 0 Å². The molecule has 0 aliphatic carbocycles. The van der Waals surface area contributed by atoms with Crippen LogP contribution >= 0.6 is 23.2 Å². The first-order chi connectivity index (χ1) is 22.0. The van der Waals surface area contributed by atoms with Gasteiger partial charge in [-0.05, 0) is 60.7 Å². The summed E-state index contributed by atoms with van der Waals surface area (Å²) in [5.74, 6) is -0.410. The van der Waals surface area contributed by atoms with Crippen LogP contribution in [-0.4, -0.2) is 75.0 Å². The molecule has 232 valence electrons. The lowest BCUT2D eigenvalue weighted by atomic mass is 10.1. The van der Waals surface area contributed by atoms with Crippen molar-refractivity contribution in [3.8, 4) is 11.4 Å². The van der Waals surface area contributed by atoms with Crippen molar-refractivity contribution < 1.29 is 14.2 Å². The minimum atomic E-state index is -1.16. The van der Waals surface area contributed by atoms with E-state index in [-0.39, 0.29) is 18.3 Å². The third-order valence-corrected chi connectivity index (χ3v) is 8.55. The summed E-state index contributed by atoms with van der Waals surface area (Å²) in [6, 6.07) is 21.3. The van der Waals surface area contributed by atoms with E-state index in [4.69, 9.17) is 37.4 Å². The first-order valence-electron chi connectivity index (χ1n) is 14.5. The number of rotatable bonds is 9. The van der Waals surface area contributed by atoms with Crippen LogP contribution in [0.5, 0.6) is 5.75 Å². The van der Waals surface area contributed by atoms with Gasteiger partial charge in [-0.3, -0.25) is 0 Å². The predicted octanol–water partition coefficient (Wildman–Crippen LogP) is 4.13. The van der Waals surface area contributed by atoms with Gasteiger partial charge in [-0.2, -0.15) is 10.2 Å². The Bertz CT molecular complexity index is 1790. The highest BCUT2D eigenvalue weighted by molar-refractivity contribution is 6.35. The number of nitrogens with one attached hydrogen (secondary N) is 1. The van der Waals surface area contributed by atoms with Gasteiger partial charge in [0, 0.05) is 48.1 Å². The molecule has 2 aromatic heterocycles. The lowest BCUT2D eigenvalue weighted by Gasteiger charge is -2.37. The summed E-state index contributed by atoms with van der Waals surface area (Å²) in [4.78, 5) is 20.6. The average Bonchev–Trinajstić information content (AvgIpc) is 3.83. The van der Waals surface area contributed by atoms with E-state index in [1.165, 1.54) is 17.2 Å². The van der Waals surface area contributed by atoms with E-state index in [9.17, 15) is 4.79 Å².